The first-order valence-corrected chi connectivity index (χ1v) is 7.00. The fraction of sp³-hybridized carbons (Fsp3) is 1.00. The SMILES string of the molecule is CCCC1CNCCC12CCCCC2C. The maximum absolute atomic E-state index is 3.61. The summed E-state index contributed by atoms with van der Waals surface area (Å²) < 4.78 is 0. The monoisotopic (exact) mass is 209 g/mol. The van der Waals surface area contributed by atoms with E-state index in [1.54, 1.807) is 0 Å². The molecule has 1 heteroatoms. The largest absolute Gasteiger partial charge is 0.316 e. The molecule has 88 valence electrons. The molecule has 1 heterocycles. The molecule has 2 fully saturated rings. The average molecular weight is 209 g/mol. The molecule has 0 radical (unpaired) electrons. The fourth-order valence-electron chi connectivity index (χ4n) is 4.16. The van der Waals surface area contributed by atoms with Gasteiger partial charge in [0.2, 0.25) is 0 Å². The number of rotatable bonds is 2. The van der Waals surface area contributed by atoms with Gasteiger partial charge >= 0.3 is 0 Å². The zero-order chi connectivity index (χ0) is 10.7. The van der Waals surface area contributed by atoms with Crippen molar-refractivity contribution in [3.63, 3.8) is 0 Å². The van der Waals surface area contributed by atoms with Crippen LogP contribution in [0, 0.1) is 17.3 Å². The van der Waals surface area contributed by atoms with Crippen LogP contribution in [-0.4, -0.2) is 13.1 Å². The summed E-state index contributed by atoms with van der Waals surface area (Å²) in [5.41, 5.74) is 0.722. The maximum Gasteiger partial charge on any atom is -0.00151 e. The smallest absolute Gasteiger partial charge is 0.00151 e. The van der Waals surface area contributed by atoms with Crippen LogP contribution in [0.15, 0.2) is 0 Å². The van der Waals surface area contributed by atoms with Gasteiger partial charge in [-0.25, -0.2) is 0 Å². The highest BCUT2D eigenvalue weighted by atomic mass is 14.9. The van der Waals surface area contributed by atoms with Crippen molar-refractivity contribution >= 4 is 0 Å². The van der Waals surface area contributed by atoms with E-state index in [1.165, 1.54) is 58.0 Å². The van der Waals surface area contributed by atoms with Crippen molar-refractivity contribution in [3.05, 3.63) is 0 Å². The Balaban J connectivity index is 2.12. The molecule has 0 amide bonds. The molecule has 2 rings (SSSR count). The minimum Gasteiger partial charge on any atom is -0.316 e. The molecule has 1 saturated carbocycles. The first-order valence-electron chi connectivity index (χ1n) is 7.00. The summed E-state index contributed by atoms with van der Waals surface area (Å²) in [6.45, 7) is 7.42. The molecule has 15 heavy (non-hydrogen) atoms. The summed E-state index contributed by atoms with van der Waals surface area (Å²) in [6.07, 6.45) is 10.2. The Morgan fingerprint density at radius 2 is 2.13 bits per heavy atom. The van der Waals surface area contributed by atoms with Crippen LogP contribution in [0.5, 0.6) is 0 Å². The Morgan fingerprint density at radius 1 is 1.27 bits per heavy atom. The Morgan fingerprint density at radius 3 is 2.87 bits per heavy atom. The van der Waals surface area contributed by atoms with Gasteiger partial charge in [0.1, 0.15) is 0 Å². The van der Waals surface area contributed by atoms with Crippen LogP contribution < -0.4 is 5.32 Å². The highest BCUT2D eigenvalue weighted by molar-refractivity contribution is 4.96. The zero-order valence-electron chi connectivity index (χ0n) is 10.5. The molecule has 1 spiro atoms. The van der Waals surface area contributed by atoms with Crippen LogP contribution in [0.4, 0.5) is 0 Å². The van der Waals surface area contributed by atoms with Crippen LogP contribution >= 0.6 is 0 Å². The molecule has 0 bridgehead atoms. The lowest BCUT2D eigenvalue weighted by Crippen LogP contribution is -2.49. The number of piperidine rings is 1. The number of hydrogen-bond acceptors (Lipinski definition) is 1. The fourth-order valence-corrected chi connectivity index (χ4v) is 4.16. The molecule has 1 nitrogen and oxygen atoms in total. The Kier molecular flexibility index (Phi) is 3.71. The minimum atomic E-state index is 0.722. The first kappa shape index (κ1) is 11.4. The van der Waals surface area contributed by atoms with Gasteiger partial charge in [-0.2, -0.15) is 0 Å². The highest BCUT2D eigenvalue weighted by Crippen LogP contribution is 2.51. The minimum absolute atomic E-state index is 0.722. The lowest BCUT2D eigenvalue weighted by Gasteiger charge is -2.51. The highest BCUT2D eigenvalue weighted by Gasteiger charge is 2.44. The van der Waals surface area contributed by atoms with Gasteiger partial charge in [-0.1, -0.05) is 39.5 Å². The van der Waals surface area contributed by atoms with Crippen LogP contribution in [0.1, 0.15) is 58.8 Å². The van der Waals surface area contributed by atoms with Crippen LogP contribution in [-0.2, 0) is 0 Å². The third-order valence-corrected chi connectivity index (χ3v) is 5.12. The van der Waals surface area contributed by atoms with Gasteiger partial charge in [-0.05, 0) is 49.6 Å². The van der Waals surface area contributed by atoms with Gasteiger partial charge in [0.05, 0.1) is 0 Å². The summed E-state index contributed by atoms with van der Waals surface area (Å²) in [5.74, 6) is 1.94. The lowest BCUT2D eigenvalue weighted by atomic mass is 9.56. The van der Waals surface area contributed by atoms with E-state index in [0.717, 1.165) is 17.3 Å². The summed E-state index contributed by atoms with van der Waals surface area (Å²) >= 11 is 0. The molecule has 0 aromatic rings. The van der Waals surface area contributed by atoms with E-state index in [9.17, 15) is 0 Å². The first-order chi connectivity index (χ1) is 7.29. The normalized spacial score (nSPS) is 42.0. The van der Waals surface area contributed by atoms with Crippen LogP contribution in [0.2, 0.25) is 0 Å². The molecule has 1 aliphatic heterocycles. The van der Waals surface area contributed by atoms with E-state index in [2.05, 4.69) is 19.2 Å². The Bertz CT molecular complexity index is 194. The maximum atomic E-state index is 3.61. The summed E-state index contributed by atoms with van der Waals surface area (Å²) in [7, 11) is 0. The number of nitrogens with one attached hydrogen (secondary N) is 1. The average Bonchev–Trinajstić information content (AvgIpc) is 2.26. The summed E-state index contributed by atoms with van der Waals surface area (Å²) in [6, 6.07) is 0. The van der Waals surface area contributed by atoms with Crippen molar-refractivity contribution in [3.8, 4) is 0 Å². The summed E-state index contributed by atoms with van der Waals surface area (Å²) in [4.78, 5) is 0. The van der Waals surface area contributed by atoms with Gasteiger partial charge < -0.3 is 5.32 Å². The van der Waals surface area contributed by atoms with E-state index >= 15 is 0 Å². The predicted octanol–water partition coefficient (Wildman–Crippen LogP) is 3.59. The van der Waals surface area contributed by atoms with E-state index in [-0.39, 0.29) is 0 Å². The van der Waals surface area contributed by atoms with Crippen molar-refractivity contribution in [2.75, 3.05) is 13.1 Å². The van der Waals surface area contributed by atoms with E-state index < -0.39 is 0 Å². The van der Waals surface area contributed by atoms with E-state index in [1.807, 2.05) is 0 Å². The lowest BCUT2D eigenvalue weighted by molar-refractivity contribution is 0.000756. The van der Waals surface area contributed by atoms with E-state index in [0.29, 0.717) is 0 Å². The number of hydrogen-bond donors (Lipinski definition) is 1. The third kappa shape index (κ3) is 2.08. The predicted molar refractivity (Wildman–Crippen MR) is 65.9 cm³/mol. The van der Waals surface area contributed by atoms with Crippen LogP contribution in [0.3, 0.4) is 0 Å². The van der Waals surface area contributed by atoms with Crippen molar-refractivity contribution in [1.82, 2.24) is 5.32 Å². The molecule has 0 aromatic carbocycles. The van der Waals surface area contributed by atoms with Crippen molar-refractivity contribution in [2.45, 2.75) is 58.8 Å². The molecule has 1 N–H and O–H groups in total. The quantitative estimate of drug-likeness (QED) is 0.733. The molecule has 2 aliphatic rings. The van der Waals surface area contributed by atoms with Gasteiger partial charge in [0.15, 0.2) is 0 Å². The van der Waals surface area contributed by atoms with Gasteiger partial charge in [0.25, 0.3) is 0 Å². The molecular formula is C14H27N. The van der Waals surface area contributed by atoms with Crippen molar-refractivity contribution in [2.24, 2.45) is 17.3 Å². The van der Waals surface area contributed by atoms with Crippen molar-refractivity contribution < 1.29 is 0 Å². The van der Waals surface area contributed by atoms with Gasteiger partial charge in [0, 0.05) is 0 Å². The second-order valence-electron chi connectivity index (χ2n) is 5.82. The molecule has 3 atom stereocenters. The summed E-state index contributed by atoms with van der Waals surface area (Å²) in [5, 5.41) is 3.61. The molecule has 0 aromatic heterocycles. The second-order valence-corrected chi connectivity index (χ2v) is 5.82. The van der Waals surface area contributed by atoms with Gasteiger partial charge in [-0.15, -0.1) is 0 Å². The Labute approximate surface area is 95.0 Å². The van der Waals surface area contributed by atoms with Crippen LogP contribution in [0.25, 0.3) is 0 Å². The molecule has 1 saturated heterocycles. The van der Waals surface area contributed by atoms with Crippen molar-refractivity contribution in [1.29, 1.82) is 0 Å². The topological polar surface area (TPSA) is 12.0 Å². The zero-order valence-corrected chi connectivity index (χ0v) is 10.5. The van der Waals surface area contributed by atoms with E-state index in [4.69, 9.17) is 0 Å². The Hall–Kier alpha value is -0.0400. The standard InChI is InChI=1S/C14H27N/c1-3-6-13-11-15-10-9-14(13)8-5-4-7-12(14)2/h12-13,15H,3-11H2,1-2H3. The molecule has 3 unspecified atom stereocenters. The molecular weight excluding hydrogens is 182 g/mol. The third-order valence-electron chi connectivity index (χ3n) is 5.12. The second kappa shape index (κ2) is 4.86. The van der Waals surface area contributed by atoms with Gasteiger partial charge in [-0.3, -0.25) is 0 Å². The molecule has 1 aliphatic carbocycles.